The highest BCUT2D eigenvalue weighted by molar-refractivity contribution is 6.23. The van der Waals surface area contributed by atoms with E-state index < -0.39 is 17.4 Å². The van der Waals surface area contributed by atoms with Gasteiger partial charge in [-0.3, -0.25) is 24.3 Å². The van der Waals surface area contributed by atoms with Gasteiger partial charge in [-0.2, -0.15) is 0 Å². The van der Waals surface area contributed by atoms with Gasteiger partial charge < -0.3 is 10.8 Å². The molecule has 7 nitrogen and oxygen atoms in total. The lowest BCUT2D eigenvalue weighted by atomic mass is 10.0. The van der Waals surface area contributed by atoms with E-state index in [0.29, 0.717) is 22.0 Å². The van der Waals surface area contributed by atoms with Gasteiger partial charge in [-0.15, -0.1) is 0 Å². The molecule has 7 heteroatoms. The Kier molecular flexibility index (Phi) is 2.95. The number of nitrogens with one attached hydrogen (secondary N) is 1. The number of fused-ring (bicyclic) bond motifs is 2. The maximum absolute atomic E-state index is 12.6. The number of nitrogens with two attached hydrogens (primary N) is 1. The Morgan fingerprint density at radius 3 is 2.56 bits per heavy atom. The van der Waals surface area contributed by atoms with Gasteiger partial charge in [0.05, 0.1) is 16.8 Å². The number of anilines is 1. The number of phenolic OH excluding ortho intramolecular Hbond substituents is 1. The van der Waals surface area contributed by atoms with Crippen molar-refractivity contribution in [2.45, 2.75) is 6.92 Å². The molecule has 0 radical (unpaired) electrons. The van der Waals surface area contributed by atoms with Crippen LogP contribution in [0.15, 0.2) is 41.2 Å². The summed E-state index contributed by atoms with van der Waals surface area (Å²) in [6.45, 7) is 1.77. The average molecular weight is 335 g/mol. The number of aromatic hydroxyl groups is 1. The van der Waals surface area contributed by atoms with Gasteiger partial charge in [0.15, 0.2) is 0 Å². The van der Waals surface area contributed by atoms with E-state index in [1.807, 2.05) is 0 Å². The largest absolute Gasteiger partial charge is 0.507 e. The van der Waals surface area contributed by atoms with Gasteiger partial charge in [0.1, 0.15) is 11.6 Å². The third-order valence-corrected chi connectivity index (χ3v) is 4.41. The maximum atomic E-state index is 12.6. The summed E-state index contributed by atoms with van der Waals surface area (Å²) in [5, 5.41) is 13.6. The Morgan fingerprint density at radius 1 is 1.04 bits per heavy atom. The van der Waals surface area contributed by atoms with E-state index in [4.69, 9.17) is 5.73 Å². The van der Waals surface area contributed by atoms with E-state index in [1.54, 1.807) is 37.3 Å². The van der Waals surface area contributed by atoms with Gasteiger partial charge in [-0.25, -0.2) is 0 Å². The topological polar surface area (TPSA) is 114 Å². The molecule has 0 saturated heterocycles. The molecule has 4 N–H and O–H groups in total. The molecular formula is C18H13N3O4. The molecule has 124 valence electrons. The molecule has 1 aliphatic rings. The van der Waals surface area contributed by atoms with Crippen LogP contribution in [-0.4, -0.2) is 21.5 Å². The molecule has 2 heterocycles. The van der Waals surface area contributed by atoms with Crippen molar-refractivity contribution in [3.05, 3.63) is 63.4 Å². The molecule has 1 aromatic heterocycles. The van der Waals surface area contributed by atoms with Crippen molar-refractivity contribution in [1.29, 1.82) is 0 Å². The number of aromatic nitrogens is 1. The molecule has 2 aromatic carbocycles. The number of carbonyl (C=O) groups excluding carboxylic acids is 2. The third kappa shape index (κ3) is 1.96. The van der Waals surface area contributed by atoms with Crippen LogP contribution >= 0.6 is 0 Å². The molecule has 25 heavy (non-hydrogen) atoms. The standard InChI is InChI=1S/C18H13N3O4/c1-8-5-6-9-10(15(8)23)3-2-4-12(9)21-13(22)7-11-14(16(21)19)18(25)20-17(11)24/h2-7,23H,19H2,1H3,(H,20,24,25). The number of carbonyl (C=O) groups is 2. The number of amides is 2. The minimum Gasteiger partial charge on any atom is -0.507 e. The number of hydrogen-bond acceptors (Lipinski definition) is 5. The molecule has 0 bridgehead atoms. The van der Waals surface area contributed by atoms with Gasteiger partial charge in [0.25, 0.3) is 17.4 Å². The predicted octanol–water partition coefficient (Wildman–Crippen LogP) is 1.47. The summed E-state index contributed by atoms with van der Waals surface area (Å²) in [6.07, 6.45) is 0. The number of benzene rings is 2. The van der Waals surface area contributed by atoms with Crippen molar-refractivity contribution in [2.24, 2.45) is 0 Å². The number of aryl methyl sites for hydroxylation is 1. The zero-order chi connectivity index (χ0) is 17.9. The fourth-order valence-electron chi connectivity index (χ4n) is 3.16. The smallest absolute Gasteiger partial charge is 0.262 e. The highest BCUT2D eigenvalue weighted by Crippen LogP contribution is 2.33. The van der Waals surface area contributed by atoms with Crippen LogP contribution in [0.25, 0.3) is 16.5 Å². The van der Waals surface area contributed by atoms with Gasteiger partial charge >= 0.3 is 0 Å². The second-order valence-electron chi connectivity index (χ2n) is 5.88. The van der Waals surface area contributed by atoms with E-state index in [9.17, 15) is 19.5 Å². The quantitative estimate of drug-likeness (QED) is 0.583. The van der Waals surface area contributed by atoms with Crippen LogP contribution in [0.2, 0.25) is 0 Å². The summed E-state index contributed by atoms with van der Waals surface area (Å²) in [5.74, 6) is -1.27. The Morgan fingerprint density at radius 2 is 1.80 bits per heavy atom. The Hall–Kier alpha value is -3.61. The number of phenols is 1. The van der Waals surface area contributed by atoms with Gasteiger partial charge in [-0.1, -0.05) is 24.3 Å². The highest BCUT2D eigenvalue weighted by atomic mass is 16.3. The van der Waals surface area contributed by atoms with Crippen LogP contribution in [0, 0.1) is 6.92 Å². The highest BCUT2D eigenvalue weighted by Gasteiger charge is 2.32. The number of pyridine rings is 1. The van der Waals surface area contributed by atoms with Crippen LogP contribution in [0.3, 0.4) is 0 Å². The number of imide groups is 1. The number of hydrogen-bond donors (Lipinski definition) is 3. The molecule has 0 spiro atoms. The van der Waals surface area contributed by atoms with Crippen molar-refractivity contribution in [2.75, 3.05) is 5.73 Å². The monoisotopic (exact) mass is 335 g/mol. The van der Waals surface area contributed by atoms with E-state index in [1.165, 1.54) is 4.57 Å². The molecule has 4 rings (SSSR count). The summed E-state index contributed by atoms with van der Waals surface area (Å²) >= 11 is 0. The first-order valence-electron chi connectivity index (χ1n) is 7.53. The average Bonchev–Trinajstić information content (AvgIpc) is 2.85. The van der Waals surface area contributed by atoms with Crippen LogP contribution in [-0.2, 0) is 0 Å². The van der Waals surface area contributed by atoms with E-state index in [-0.39, 0.29) is 22.7 Å². The summed E-state index contributed by atoms with van der Waals surface area (Å²) < 4.78 is 1.17. The van der Waals surface area contributed by atoms with Crippen molar-refractivity contribution in [3.63, 3.8) is 0 Å². The summed E-state index contributed by atoms with van der Waals surface area (Å²) in [7, 11) is 0. The van der Waals surface area contributed by atoms with Gasteiger partial charge in [0.2, 0.25) is 0 Å². The lowest BCUT2D eigenvalue weighted by molar-refractivity contribution is 0.0880. The minimum absolute atomic E-state index is 0.0158. The lowest BCUT2D eigenvalue weighted by Crippen LogP contribution is -2.24. The van der Waals surface area contributed by atoms with Crippen molar-refractivity contribution in [1.82, 2.24) is 9.88 Å². The van der Waals surface area contributed by atoms with Crippen LogP contribution in [0.5, 0.6) is 5.75 Å². The van der Waals surface area contributed by atoms with E-state index >= 15 is 0 Å². The maximum Gasteiger partial charge on any atom is 0.262 e. The van der Waals surface area contributed by atoms with E-state index in [2.05, 4.69) is 5.32 Å². The van der Waals surface area contributed by atoms with Crippen molar-refractivity contribution >= 4 is 28.4 Å². The van der Waals surface area contributed by atoms with Crippen molar-refractivity contribution in [3.8, 4) is 11.4 Å². The molecule has 0 fully saturated rings. The summed E-state index contributed by atoms with van der Waals surface area (Å²) in [4.78, 5) is 36.3. The third-order valence-electron chi connectivity index (χ3n) is 4.41. The fourth-order valence-corrected chi connectivity index (χ4v) is 3.16. The molecular weight excluding hydrogens is 322 g/mol. The molecule has 0 atom stereocenters. The second-order valence-corrected chi connectivity index (χ2v) is 5.88. The summed E-state index contributed by atoms with van der Waals surface area (Å²) in [6, 6.07) is 9.66. The first-order chi connectivity index (χ1) is 11.9. The second kappa shape index (κ2) is 4.94. The number of rotatable bonds is 1. The summed E-state index contributed by atoms with van der Waals surface area (Å²) in [5.41, 5.74) is 6.61. The van der Waals surface area contributed by atoms with E-state index in [0.717, 1.165) is 6.07 Å². The fraction of sp³-hybridized carbons (Fsp3) is 0.0556. The normalized spacial score (nSPS) is 13.2. The molecule has 0 aliphatic carbocycles. The van der Waals surface area contributed by atoms with Gasteiger partial charge in [-0.05, 0) is 18.6 Å². The van der Waals surface area contributed by atoms with Gasteiger partial charge in [0, 0.05) is 16.8 Å². The zero-order valence-electron chi connectivity index (χ0n) is 13.2. The SMILES string of the molecule is Cc1ccc2c(-n3c(N)c4c(cc3=O)C(=O)NC4=O)cccc2c1O. The molecule has 1 aliphatic heterocycles. The first-order valence-corrected chi connectivity index (χ1v) is 7.53. The first kappa shape index (κ1) is 14.9. The zero-order valence-corrected chi connectivity index (χ0v) is 13.2. The van der Waals surface area contributed by atoms with Crippen LogP contribution in [0.1, 0.15) is 26.3 Å². The molecule has 2 amide bonds. The predicted molar refractivity (Wildman–Crippen MR) is 92.2 cm³/mol. The lowest BCUT2D eigenvalue weighted by Gasteiger charge is -2.15. The Labute approximate surface area is 141 Å². The molecule has 0 saturated carbocycles. The van der Waals surface area contributed by atoms with Crippen LogP contribution in [0.4, 0.5) is 5.82 Å². The van der Waals surface area contributed by atoms with Crippen LogP contribution < -0.4 is 16.6 Å². The minimum atomic E-state index is -0.637. The number of nitrogens with zero attached hydrogens (tertiary/aromatic N) is 1. The number of nitrogen functional groups attached to an aromatic ring is 1. The Bertz CT molecular complexity index is 1160. The van der Waals surface area contributed by atoms with Crippen molar-refractivity contribution < 1.29 is 14.7 Å². The Balaban J connectivity index is 2.11. The molecule has 3 aromatic rings. The molecule has 0 unspecified atom stereocenters.